The molecule has 0 saturated carbocycles. The van der Waals surface area contributed by atoms with Crippen LogP contribution in [-0.2, 0) is 16.1 Å². The van der Waals surface area contributed by atoms with Gasteiger partial charge >= 0.3 is 5.97 Å². The number of rotatable bonds is 4. The molecule has 1 aliphatic rings. The van der Waals surface area contributed by atoms with Crippen LogP contribution in [-0.4, -0.2) is 40.8 Å². The fourth-order valence-corrected chi connectivity index (χ4v) is 2.99. The largest absolute Gasteiger partial charge is 0.466 e. The Morgan fingerprint density at radius 1 is 1.52 bits per heavy atom. The molecule has 21 heavy (non-hydrogen) atoms. The first-order valence-electron chi connectivity index (χ1n) is 7.57. The van der Waals surface area contributed by atoms with Crippen molar-refractivity contribution in [2.75, 3.05) is 19.7 Å². The van der Waals surface area contributed by atoms with Crippen LogP contribution in [0.15, 0.2) is 24.4 Å². The molecule has 1 saturated heterocycles. The maximum absolute atomic E-state index is 11.9. The molecule has 5 nitrogen and oxygen atoms in total. The highest BCUT2D eigenvalue weighted by atomic mass is 16.5. The van der Waals surface area contributed by atoms with Gasteiger partial charge in [-0.2, -0.15) is 5.10 Å². The van der Waals surface area contributed by atoms with E-state index in [9.17, 15) is 4.79 Å². The molecule has 2 heterocycles. The van der Waals surface area contributed by atoms with Gasteiger partial charge in [-0.1, -0.05) is 12.1 Å². The molecule has 0 radical (unpaired) electrons. The summed E-state index contributed by atoms with van der Waals surface area (Å²) < 4.78 is 5.15. The summed E-state index contributed by atoms with van der Waals surface area (Å²) in [5, 5.41) is 8.17. The highest BCUT2D eigenvalue weighted by Gasteiger charge is 2.26. The van der Waals surface area contributed by atoms with E-state index in [0.717, 1.165) is 43.4 Å². The molecule has 3 rings (SSSR count). The van der Waals surface area contributed by atoms with Gasteiger partial charge < -0.3 is 4.74 Å². The van der Waals surface area contributed by atoms with Gasteiger partial charge in [-0.3, -0.25) is 14.8 Å². The van der Waals surface area contributed by atoms with Gasteiger partial charge in [-0.05, 0) is 37.9 Å². The van der Waals surface area contributed by atoms with Gasteiger partial charge in [0.2, 0.25) is 0 Å². The van der Waals surface area contributed by atoms with Crippen LogP contribution in [0.1, 0.15) is 25.3 Å². The summed E-state index contributed by atoms with van der Waals surface area (Å²) in [7, 11) is 0. The normalized spacial score (nSPS) is 19.8. The van der Waals surface area contributed by atoms with Gasteiger partial charge in [0.05, 0.1) is 24.2 Å². The number of fused-ring (bicyclic) bond motifs is 1. The van der Waals surface area contributed by atoms with Gasteiger partial charge in [0, 0.05) is 18.5 Å². The maximum Gasteiger partial charge on any atom is 0.310 e. The first-order valence-corrected chi connectivity index (χ1v) is 7.57. The number of nitrogens with one attached hydrogen (secondary N) is 1. The number of piperidine rings is 1. The standard InChI is InChI=1S/C16H21N3O2/c1-2-21-16(20)14-4-3-7-19(11-14)10-12-5-6-13-9-17-18-15(13)8-12/h5-6,8-9,14H,2-4,7,10-11H2,1H3,(H,17,18)/t14-/m1/s1. The summed E-state index contributed by atoms with van der Waals surface area (Å²) >= 11 is 0. The summed E-state index contributed by atoms with van der Waals surface area (Å²) in [6.07, 6.45) is 3.82. The van der Waals surface area contributed by atoms with Crippen LogP contribution >= 0.6 is 0 Å². The third kappa shape index (κ3) is 3.24. The Morgan fingerprint density at radius 2 is 2.43 bits per heavy atom. The molecule has 5 heteroatoms. The zero-order chi connectivity index (χ0) is 14.7. The van der Waals surface area contributed by atoms with Crippen LogP contribution in [0, 0.1) is 5.92 Å². The number of aromatic amines is 1. The predicted octanol–water partition coefficient (Wildman–Crippen LogP) is 2.34. The number of aromatic nitrogens is 2. The van der Waals surface area contributed by atoms with E-state index in [1.807, 2.05) is 13.1 Å². The van der Waals surface area contributed by atoms with Crippen molar-refractivity contribution in [1.82, 2.24) is 15.1 Å². The van der Waals surface area contributed by atoms with Gasteiger partial charge in [-0.25, -0.2) is 0 Å². The molecular formula is C16H21N3O2. The zero-order valence-electron chi connectivity index (χ0n) is 12.3. The van der Waals surface area contributed by atoms with Crippen molar-refractivity contribution in [3.05, 3.63) is 30.0 Å². The van der Waals surface area contributed by atoms with Gasteiger partial charge in [0.25, 0.3) is 0 Å². The number of esters is 1. The average molecular weight is 287 g/mol. The number of hydrogen-bond donors (Lipinski definition) is 1. The minimum Gasteiger partial charge on any atom is -0.466 e. The van der Waals surface area contributed by atoms with Gasteiger partial charge in [0.15, 0.2) is 0 Å². The van der Waals surface area contributed by atoms with Gasteiger partial charge in [-0.15, -0.1) is 0 Å². The predicted molar refractivity (Wildman–Crippen MR) is 80.7 cm³/mol. The maximum atomic E-state index is 11.9. The monoisotopic (exact) mass is 287 g/mol. The smallest absolute Gasteiger partial charge is 0.310 e. The molecule has 0 aliphatic carbocycles. The van der Waals surface area contributed by atoms with Crippen molar-refractivity contribution in [3.63, 3.8) is 0 Å². The summed E-state index contributed by atoms with van der Waals surface area (Å²) in [4.78, 5) is 14.2. The number of hydrogen-bond acceptors (Lipinski definition) is 4. The van der Waals surface area contributed by atoms with Crippen molar-refractivity contribution in [1.29, 1.82) is 0 Å². The van der Waals surface area contributed by atoms with Crippen LogP contribution in [0.4, 0.5) is 0 Å². The molecule has 1 atom stereocenters. The van der Waals surface area contributed by atoms with E-state index in [2.05, 4.69) is 33.3 Å². The molecular weight excluding hydrogens is 266 g/mol. The lowest BCUT2D eigenvalue weighted by Gasteiger charge is -2.31. The second-order valence-electron chi connectivity index (χ2n) is 5.62. The molecule has 1 aromatic carbocycles. The lowest BCUT2D eigenvalue weighted by molar-refractivity contribution is -0.150. The molecule has 0 spiro atoms. The van der Waals surface area contributed by atoms with Crippen LogP contribution in [0.25, 0.3) is 10.9 Å². The van der Waals surface area contributed by atoms with E-state index < -0.39 is 0 Å². The van der Waals surface area contributed by atoms with E-state index >= 15 is 0 Å². The van der Waals surface area contributed by atoms with Crippen LogP contribution in [0.5, 0.6) is 0 Å². The van der Waals surface area contributed by atoms with Crippen molar-refractivity contribution in [2.45, 2.75) is 26.3 Å². The molecule has 0 unspecified atom stereocenters. The highest BCUT2D eigenvalue weighted by Crippen LogP contribution is 2.21. The van der Waals surface area contributed by atoms with Gasteiger partial charge in [0.1, 0.15) is 0 Å². The third-order valence-corrected chi connectivity index (χ3v) is 4.04. The van der Waals surface area contributed by atoms with E-state index in [4.69, 9.17) is 4.74 Å². The molecule has 0 amide bonds. The van der Waals surface area contributed by atoms with Crippen LogP contribution in [0.3, 0.4) is 0 Å². The minimum absolute atomic E-state index is 0.0228. The highest BCUT2D eigenvalue weighted by molar-refractivity contribution is 5.78. The van der Waals surface area contributed by atoms with E-state index in [0.29, 0.717) is 6.61 Å². The Balaban J connectivity index is 1.65. The fraction of sp³-hybridized carbons (Fsp3) is 0.500. The third-order valence-electron chi connectivity index (χ3n) is 4.04. The summed E-state index contributed by atoms with van der Waals surface area (Å²) in [6.45, 7) is 5.02. The number of benzene rings is 1. The molecule has 1 N–H and O–H groups in total. The lowest BCUT2D eigenvalue weighted by atomic mass is 9.97. The molecule has 1 fully saturated rings. The Labute approximate surface area is 124 Å². The Hall–Kier alpha value is -1.88. The SMILES string of the molecule is CCOC(=O)[C@@H]1CCCN(Cc2ccc3cn[nH]c3c2)C1. The first-order chi connectivity index (χ1) is 10.3. The summed E-state index contributed by atoms with van der Waals surface area (Å²) in [5.41, 5.74) is 2.31. The quantitative estimate of drug-likeness (QED) is 0.877. The fourth-order valence-electron chi connectivity index (χ4n) is 2.99. The lowest BCUT2D eigenvalue weighted by Crippen LogP contribution is -2.38. The number of ether oxygens (including phenoxy) is 1. The Kier molecular flexibility index (Phi) is 4.20. The molecule has 0 bridgehead atoms. The number of likely N-dealkylation sites (tertiary alicyclic amines) is 1. The minimum atomic E-state index is -0.0498. The van der Waals surface area contributed by atoms with Crippen molar-refractivity contribution >= 4 is 16.9 Å². The zero-order valence-corrected chi connectivity index (χ0v) is 12.3. The molecule has 1 aromatic heterocycles. The second kappa shape index (κ2) is 6.26. The first kappa shape index (κ1) is 14.1. The van der Waals surface area contributed by atoms with E-state index in [1.165, 1.54) is 5.56 Å². The molecule has 1 aliphatic heterocycles. The Bertz CT molecular complexity index is 623. The number of carbonyl (C=O) groups excluding carboxylic acids is 1. The number of H-pyrrole nitrogens is 1. The van der Waals surface area contributed by atoms with E-state index in [1.54, 1.807) is 0 Å². The molecule has 112 valence electrons. The topological polar surface area (TPSA) is 58.2 Å². The van der Waals surface area contributed by atoms with E-state index in [-0.39, 0.29) is 11.9 Å². The van der Waals surface area contributed by atoms with Crippen molar-refractivity contribution < 1.29 is 9.53 Å². The van der Waals surface area contributed by atoms with Crippen LogP contribution in [0.2, 0.25) is 0 Å². The number of nitrogens with zero attached hydrogens (tertiary/aromatic N) is 2. The van der Waals surface area contributed by atoms with Crippen molar-refractivity contribution in [2.24, 2.45) is 5.92 Å². The second-order valence-corrected chi connectivity index (χ2v) is 5.62. The summed E-state index contributed by atoms with van der Waals surface area (Å²) in [6, 6.07) is 6.35. The Morgan fingerprint density at radius 3 is 3.29 bits per heavy atom. The van der Waals surface area contributed by atoms with Crippen molar-refractivity contribution in [3.8, 4) is 0 Å². The summed E-state index contributed by atoms with van der Waals surface area (Å²) in [5.74, 6) is -0.0270. The average Bonchev–Trinajstić information content (AvgIpc) is 2.95. The van der Waals surface area contributed by atoms with Crippen LogP contribution < -0.4 is 0 Å². The number of carbonyl (C=O) groups is 1. The molecule has 2 aromatic rings.